The van der Waals surface area contributed by atoms with Crippen LogP contribution in [-0.4, -0.2) is 26.3 Å². The molecule has 6 heteroatoms. The fraction of sp³-hybridized carbons (Fsp3) is 0.250. The Morgan fingerprint density at radius 1 is 1.50 bits per heavy atom. The molecule has 0 saturated heterocycles. The zero-order chi connectivity index (χ0) is 10.1. The molecule has 0 fully saturated rings. The summed E-state index contributed by atoms with van der Waals surface area (Å²) in [4.78, 5) is 10.3. The van der Waals surface area contributed by atoms with Crippen molar-refractivity contribution < 1.29 is 9.21 Å². The lowest BCUT2D eigenvalue weighted by molar-refractivity contribution is 0.109. The van der Waals surface area contributed by atoms with E-state index in [1.54, 1.807) is 10.9 Å². The highest BCUT2D eigenvalue weighted by Crippen LogP contribution is 2.20. The molecule has 2 aromatic heterocycles. The first-order valence-corrected chi connectivity index (χ1v) is 4.00. The van der Waals surface area contributed by atoms with E-state index in [-0.39, 0.29) is 5.89 Å². The van der Waals surface area contributed by atoms with Crippen LogP contribution >= 0.6 is 0 Å². The van der Waals surface area contributed by atoms with E-state index >= 15 is 0 Å². The fourth-order valence-electron chi connectivity index (χ4n) is 1.10. The minimum absolute atomic E-state index is 0.0248. The third-order valence-corrected chi connectivity index (χ3v) is 2.01. The van der Waals surface area contributed by atoms with Gasteiger partial charge in [0.05, 0.1) is 11.8 Å². The average molecular weight is 192 g/mol. The molecule has 0 atom stereocenters. The second kappa shape index (κ2) is 3.06. The van der Waals surface area contributed by atoms with Crippen LogP contribution in [0.25, 0.3) is 11.5 Å². The summed E-state index contributed by atoms with van der Waals surface area (Å²) in [7, 11) is 1.82. The van der Waals surface area contributed by atoms with E-state index in [1.165, 1.54) is 0 Å². The Bertz CT molecular complexity index is 471. The van der Waals surface area contributed by atoms with Crippen LogP contribution < -0.4 is 0 Å². The summed E-state index contributed by atoms with van der Waals surface area (Å²) in [6.45, 7) is 1.88. The predicted molar refractivity (Wildman–Crippen MR) is 46.6 cm³/mol. The van der Waals surface area contributed by atoms with Crippen LogP contribution in [0.2, 0.25) is 0 Å². The van der Waals surface area contributed by atoms with Gasteiger partial charge in [-0.25, -0.2) is 0 Å². The molecule has 0 radical (unpaired) electrons. The van der Waals surface area contributed by atoms with Gasteiger partial charge in [-0.05, 0) is 6.92 Å². The van der Waals surface area contributed by atoms with Crippen molar-refractivity contribution in [3.8, 4) is 11.5 Å². The molecule has 0 saturated carbocycles. The SMILES string of the molecule is Cc1c(-c2nnc(C=O)o2)cnn1C. The zero-order valence-corrected chi connectivity index (χ0v) is 7.76. The molecule has 0 aliphatic carbocycles. The van der Waals surface area contributed by atoms with Crippen LogP contribution in [0.5, 0.6) is 0 Å². The van der Waals surface area contributed by atoms with E-state index in [0.717, 1.165) is 11.3 Å². The van der Waals surface area contributed by atoms with Crippen LogP contribution in [0.1, 0.15) is 16.4 Å². The van der Waals surface area contributed by atoms with Crippen molar-refractivity contribution in [1.82, 2.24) is 20.0 Å². The van der Waals surface area contributed by atoms with Gasteiger partial charge in [-0.3, -0.25) is 9.48 Å². The Morgan fingerprint density at radius 2 is 2.29 bits per heavy atom. The number of carbonyl (C=O) groups excluding carboxylic acids is 1. The molecule has 0 bridgehead atoms. The first kappa shape index (κ1) is 8.61. The molecule has 72 valence electrons. The van der Waals surface area contributed by atoms with E-state index in [0.29, 0.717) is 12.2 Å². The van der Waals surface area contributed by atoms with Crippen LogP contribution in [0.15, 0.2) is 10.6 Å². The van der Waals surface area contributed by atoms with Gasteiger partial charge < -0.3 is 4.42 Å². The number of aldehydes is 1. The minimum Gasteiger partial charge on any atom is -0.414 e. The zero-order valence-electron chi connectivity index (χ0n) is 7.76. The van der Waals surface area contributed by atoms with Gasteiger partial charge >= 0.3 is 0 Å². The topological polar surface area (TPSA) is 73.8 Å². The first-order chi connectivity index (χ1) is 6.72. The summed E-state index contributed by atoms with van der Waals surface area (Å²) in [5.41, 5.74) is 1.65. The molecule has 2 aromatic rings. The van der Waals surface area contributed by atoms with Gasteiger partial charge in [0.1, 0.15) is 0 Å². The number of aromatic nitrogens is 4. The second-order valence-electron chi connectivity index (χ2n) is 2.83. The molecule has 0 unspecified atom stereocenters. The lowest BCUT2D eigenvalue weighted by Gasteiger charge is -1.93. The molecule has 0 aliphatic rings. The van der Waals surface area contributed by atoms with Gasteiger partial charge in [0.2, 0.25) is 6.29 Å². The fourth-order valence-corrected chi connectivity index (χ4v) is 1.10. The number of carbonyl (C=O) groups is 1. The van der Waals surface area contributed by atoms with Crippen molar-refractivity contribution in [3.05, 3.63) is 17.8 Å². The molecule has 0 N–H and O–H groups in total. The third kappa shape index (κ3) is 1.20. The van der Waals surface area contributed by atoms with E-state index in [1.807, 2.05) is 14.0 Å². The molecular weight excluding hydrogens is 184 g/mol. The standard InChI is InChI=1S/C8H8N4O2/c1-5-6(3-9-12(5)2)8-11-10-7(4-13)14-8/h3-4H,1-2H3. The largest absolute Gasteiger partial charge is 0.414 e. The van der Waals surface area contributed by atoms with E-state index in [2.05, 4.69) is 15.3 Å². The number of nitrogens with zero attached hydrogens (tertiary/aromatic N) is 4. The molecule has 2 rings (SSSR count). The predicted octanol–water partition coefficient (Wildman–Crippen LogP) is 0.591. The monoisotopic (exact) mass is 192 g/mol. The molecule has 14 heavy (non-hydrogen) atoms. The summed E-state index contributed by atoms with van der Waals surface area (Å²) >= 11 is 0. The molecule has 0 spiro atoms. The first-order valence-electron chi connectivity index (χ1n) is 4.00. The van der Waals surface area contributed by atoms with Crippen molar-refractivity contribution in [2.24, 2.45) is 7.05 Å². The van der Waals surface area contributed by atoms with Crippen LogP contribution in [0.3, 0.4) is 0 Å². The average Bonchev–Trinajstić information content (AvgIpc) is 2.75. The maximum atomic E-state index is 10.3. The highest BCUT2D eigenvalue weighted by Gasteiger charge is 2.13. The lowest BCUT2D eigenvalue weighted by Crippen LogP contribution is -1.92. The van der Waals surface area contributed by atoms with E-state index < -0.39 is 0 Å². The molecule has 2 heterocycles. The highest BCUT2D eigenvalue weighted by atomic mass is 16.4. The van der Waals surface area contributed by atoms with Crippen molar-refractivity contribution in [2.75, 3.05) is 0 Å². The summed E-state index contributed by atoms with van der Waals surface area (Å²) < 4.78 is 6.76. The summed E-state index contributed by atoms with van der Waals surface area (Å²) in [6.07, 6.45) is 2.14. The van der Waals surface area contributed by atoms with Gasteiger partial charge in [0.15, 0.2) is 0 Å². The summed E-state index contributed by atoms with van der Waals surface area (Å²) in [5, 5.41) is 11.3. The van der Waals surface area contributed by atoms with Crippen LogP contribution in [-0.2, 0) is 7.05 Å². The van der Waals surface area contributed by atoms with Gasteiger partial charge in [0.25, 0.3) is 11.8 Å². The molecular formula is C8H8N4O2. The quantitative estimate of drug-likeness (QED) is 0.651. The van der Waals surface area contributed by atoms with E-state index in [4.69, 9.17) is 4.42 Å². The smallest absolute Gasteiger partial charge is 0.280 e. The Hall–Kier alpha value is -1.98. The van der Waals surface area contributed by atoms with Crippen molar-refractivity contribution >= 4 is 6.29 Å². The Labute approximate surface area is 79.6 Å². The number of aryl methyl sites for hydroxylation is 1. The minimum atomic E-state index is -0.0248. The number of rotatable bonds is 2. The van der Waals surface area contributed by atoms with E-state index in [9.17, 15) is 4.79 Å². The Morgan fingerprint density at radius 3 is 2.79 bits per heavy atom. The Kier molecular flexibility index (Phi) is 1.88. The maximum absolute atomic E-state index is 10.3. The van der Waals surface area contributed by atoms with Gasteiger partial charge in [-0.1, -0.05) is 0 Å². The number of hydrogen-bond donors (Lipinski definition) is 0. The summed E-state index contributed by atoms with van der Waals surface area (Å²) in [6, 6.07) is 0. The van der Waals surface area contributed by atoms with Crippen LogP contribution in [0.4, 0.5) is 0 Å². The van der Waals surface area contributed by atoms with Crippen molar-refractivity contribution in [2.45, 2.75) is 6.92 Å². The molecule has 6 nitrogen and oxygen atoms in total. The van der Waals surface area contributed by atoms with Gasteiger partial charge in [0, 0.05) is 12.7 Å². The lowest BCUT2D eigenvalue weighted by atomic mass is 10.3. The molecule has 0 aliphatic heterocycles. The molecule has 0 aromatic carbocycles. The van der Waals surface area contributed by atoms with Crippen molar-refractivity contribution in [1.29, 1.82) is 0 Å². The maximum Gasteiger partial charge on any atom is 0.280 e. The number of hydrogen-bond acceptors (Lipinski definition) is 5. The summed E-state index contributed by atoms with van der Waals surface area (Å²) in [5.74, 6) is 0.293. The van der Waals surface area contributed by atoms with Gasteiger partial charge in [-0.2, -0.15) is 5.10 Å². The third-order valence-electron chi connectivity index (χ3n) is 2.01. The van der Waals surface area contributed by atoms with Crippen LogP contribution in [0, 0.1) is 6.92 Å². The normalized spacial score (nSPS) is 10.4. The molecule has 0 amide bonds. The van der Waals surface area contributed by atoms with Crippen molar-refractivity contribution in [3.63, 3.8) is 0 Å². The second-order valence-corrected chi connectivity index (χ2v) is 2.83. The Balaban J connectivity index is 2.49. The van der Waals surface area contributed by atoms with Gasteiger partial charge in [-0.15, -0.1) is 10.2 Å². The highest BCUT2D eigenvalue weighted by molar-refractivity contribution is 5.68.